The van der Waals surface area contributed by atoms with Gasteiger partial charge in [0.05, 0.1) is 10.9 Å². The lowest BCUT2D eigenvalue weighted by atomic mass is 10.2. The molecule has 0 spiro atoms. The van der Waals surface area contributed by atoms with E-state index in [1.165, 1.54) is 4.31 Å². The molecule has 2 atom stereocenters. The first-order chi connectivity index (χ1) is 15.3. The van der Waals surface area contributed by atoms with Crippen molar-refractivity contribution in [1.29, 1.82) is 0 Å². The van der Waals surface area contributed by atoms with Gasteiger partial charge >= 0.3 is 0 Å². The van der Waals surface area contributed by atoms with Crippen molar-refractivity contribution < 1.29 is 22.7 Å². The van der Waals surface area contributed by atoms with E-state index in [-0.39, 0.29) is 16.9 Å². The number of amides is 1. The molecule has 32 heavy (non-hydrogen) atoms. The third-order valence-corrected chi connectivity index (χ3v) is 7.84. The number of carbonyl (C=O) groups excluding carboxylic acids is 1. The molecule has 0 saturated carbocycles. The van der Waals surface area contributed by atoms with Gasteiger partial charge in [0.2, 0.25) is 15.9 Å². The highest BCUT2D eigenvalue weighted by Crippen LogP contribution is 2.31. The molecule has 2 heterocycles. The highest BCUT2D eigenvalue weighted by Gasteiger charge is 2.28. The minimum absolute atomic E-state index is 0.180. The first kappa shape index (κ1) is 22.6. The van der Waals surface area contributed by atoms with Crippen LogP contribution in [0.15, 0.2) is 53.4 Å². The fraction of sp³-hybridized carbons (Fsp3) is 0.435. The smallest absolute Gasteiger partial charge is 0.243 e. The van der Waals surface area contributed by atoms with E-state index in [1.54, 1.807) is 24.3 Å². The van der Waals surface area contributed by atoms with Gasteiger partial charge in [-0.15, -0.1) is 0 Å². The van der Waals surface area contributed by atoms with Crippen LogP contribution in [0.2, 0.25) is 0 Å². The van der Waals surface area contributed by atoms with Crippen LogP contribution in [0.25, 0.3) is 0 Å². The van der Waals surface area contributed by atoms with E-state index in [0.29, 0.717) is 37.7 Å². The molecule has 2 aromatic carbocycles. The largest absolute Gasteiger partial charge is 0.486 e. The summed E-state index contributed by atoms with van der Waals surface area (Å²) in [5.74, 6) is 1.25. The topological polar surface area (TPSA) is 88.2 Å². The second-order valence-corrected chi connectivity index (χ2v) is 10.2. The maximum absolute atomic E-state index is 12.7. The van der Waals surface area contributed by atoms with Crippen LogP contribution in [0.3, 0.4) is 0 Å². The number of fused-ring (bicyclic) bond motifs is 1. The summed E-state index contributed by atoms with van der Waals surface area (Å²) in [6, 6.07) is 13.5. The molecule has 9 heteroatoms. The highest BCUT2D eigenvalue weighted by molar-refractivity contribution is 7.89. The monoisotopic (exact) mass is 459 g/mol. The predicted octanol–water partition coefficient (Wildman–Crippen LogP) is 2.57. The van der Waals surface area contributed by atoms with Gasteiger partial charge in [-0.2, -0.15) is 4.31 Å². The molecule has 8 nitrogen and oxygen atoms in total. The van der Waals surface area contributed by atoms with Gasteiger partial charge in [-0.25, -0.2) is 8.42 Å². The lowest BCUT2D eigenvalue weighted by Gasteiger charge is -2.31. The summed E-state index contributed by atoms with van der Waals surface area (Å²) in [5, 5.41) is 2.86. The van der Waals surface area contributed by atoms with Crippen LogP contribution in [-0.4, -0.2) is 69.0 Å². The van der Waals surface area contributed by atoms with E-state index in [1.807, 2.05) is 43.1 Å². The van der Waals surface area contributed by atoms with Crippen LogP contribution in [0.4, 0.5) is 5.69 Å². The van der Waals surface area contributed by atoms with Crippen molar-refractivity contribution in [3.63, 3.8) is 0 Å². The van der Waals surface area contributed by atoms with Crippen molar-refractivity contribution in [3.05, 3.63) is 48.5 Å². The van der Waals surface area contributed by atoms with Gasteiger partial charge in [-0.3, -0.25) is 9.69 Å². The Hall–Kier alpha value is -2.62. The Morgan fingerprint density at radius 1 is 1.12 bits per heavy atom. The minimum Gasteiger partial charge on any atom is -0.486 e. The number of anilines is 1. The molecule has 2 aliphatic heterocycles. The van der Waals surface area contributed by atoms with Crippen LogP contribution >= 0.6 is 0 Å². The second kappa shape index (κ2) is 9.48. The molecular weight excluding hydrogens is 430 g/mol. The number of sulfonamides is 1. The summed E-state index contributed by atoms with van der Waals surface area (Å²) in [4.78, 5) is 14.9. The fourth-order valence-electron chi connectivity index (χ4n) is 3.87. The highest BCUT2D eigenvalue weighted by atomic mass is 32.2. The van der Waals surface area contributed by atoms with E-state index in [4.69, 9.17) is 9.47 Å². The van der Waals surface area contributed by atoms with Crippen molar-refractivity contribution in [2.75, 3.05) is 38.6 Å². The summed E-state index contributed by atoms with van der Waals surface area (Å²) in [5.41, 5.74) is 0.557. The number of likely N-dealkylation sites (N-methyl/N-ethyl adjacent to an activating group) is 1. The van der Waals surface area contributed by atoms with E-state index in [2.05, 4.69) is 5.32 Å². The third kappa shape index (κ3) is 4.90. The Morgan fingerprint density at radius 3 is 2.47 bits per heavy atom. The fourth-order valence-corrected chi connectivity index (χ4v) is 5.38. The van der Waals surface area contributed by atoms with Crippen molar-refractivity contribution >= 4 is 21.6 Å². The molecule has 172 valence electrons. The van der Waals surface area contributed by atoms with Gasteiger partial charge in [0.25, 0.3) is 0 Å². The van der Waals surface area contributed by atoms with E-state index < -0.39 is 16.1 Å². The van der Waals surface area contributed by atoms with Crippen LogP contribution in [0, 0.1) is 0 Å². The van der Waals surface area contributed by atoms with Gasteiger partial charge in [0.1, 0.15) is 12.7 Å². The quantitative estimate of drug-likeness (QED) is 0.685. The maximum Gasteiger partial charge on any atom is 0.243 e. The average molecular weight is 460 g/mol. The Bertz CT molecular complexity index is 1050. The van der Waals surface area contributed by atoms with E-state index in [0.717, 1.165) is 18.6 Å². The standard InChI is InChI=1S/C23H29N3O5S/c1-17(25(2)15-19-16-30-21-7-3-4-8-22(21)31-19)23(27)24-18-9-11-20(12-10-18)32(28,29)26-13-5-6-14-26/h3-4,7-12,17,19H,5-6,13-16H2,1-2H3,(H,24,27)/t17-,19+/m1/s1. The van der Waals surface area contributed by atoms with Crippen molar-refractivity contribution in [1.82, 2.24) is 9.21 Å². The summed E-state index contributed by atoms with van der Waals surface area (Å²) in [7, 11) is -1.60. The van der Waals surface area contributed by atoms with Gasteiger partial charge in [-0.1, -0.05) is 12.1 Å². The van der Waals surface area contributed by atoms with E-state index >= 15 is 0 Å². The van der Waals surface area contributed by atoms with Crippen LogP contribution in [0.5, 0.6) is 11.5 Å². The SMILES string of the molecule is C[C@H](C(=O)Nc1ccc(S(=O)(=O)N2CCCC2)cc1)N(C)C[C@H]1COc2ccccc2O1. The molecule has 0 aromatic heterocycles. The lowest BCUT2D eigenvalue weighted by Crippen LogP contribution is -2.46. The first-order valence-corrected chi connectivity index (χ1v) is 12.3. The second-order valence-electron chi connectivity index (χ2n) is 8.24. The first-order valence-electron chi connectivity index (χ1n) is 10.8. The molecule has 1 N–H and O–H groups in total. The zero-order valence-corrected chi connectivity index (χ0v) is 19.2. The summed E-state index contributed by atoms with van der Waals surface area (Å²) < 4.78 is 38.5. The summed E-state index contributed by atoms with van der Waals surface area (Å²) in [6.07, 6.45) is 1.60. The van der Waals surface area contributed by atoms with Gasteiger partial charge in [0, 0.05) is 25.3 Å². The number of benzene rings is 2. The molecule has 0 bridgehead atoms. The molecule has 0 unspecified atom stereocenters. The number of carbonyl (C=O) groups is 1. The number of para-hydroxylation sites is 2. The number of nitrogens with zero attached hydrogens (tertiary/aromatic N) is 2. The normalized spacial score (nSPS) is 19.7. The van der Waals surface area contributed by atoms with Crippen molar-refractivity contribution in [2.24, 2.45) is 0 Å². The molecule has 2 aromatic rings. The molecule has 0 aliphatic carbocycles. The Balaban J connectivity index is 1.32. The molecule has 1 saturated heterocycles. The Kier molecular flexibility index (Phi) is 6.68. The molecule has 2 aliphatic rings. The minimum atomic E-state index is -3.46. The van der Waals surface area contributed by atoms with Gasteiger partial charge in [0.15, 0.2) is 11.5 Å². The van der Waals surface area contributed by atoms with Crippen LogP contribution in [0.1, 0.15) is 19.8 Å². The molecule has 1 fully saturated rings. The predicted molar refractivity (Wildman–Crippen MR) is 122 cm³/mol. The number of ether oxygens (including phenoxy) is 2. The Labute approximate surface area is 189 Å². The molecule has 4 rings (SSSR count). The van der Waals surface area contributed by atoms with Crippen molar-refractivity contribution in [3.8, 4) is 11.5 Å². The number of rotatable bonds is 7. The maximum atomic E-state index is 12.7. The average Bonchev–Trinajstić information content (AvgIpc) is 3.35. The zero-order valence-electron chi connectivity index (χ0n) is 18.4. The van der Waals surface area contributed by atoms with Gasteiger partial charge < -0.3 is 14.8 Å². The van der Waals surface area contributed by atoms with Crippen LogP contribution < -0.4 is 14.8 Å². The summed E-state index contributed by atoms with van der Waals surface area (Å²) >= 11 is 0. The van der Waals surface area contributed by atoms with E-state index in [9.17, 15) is 13.2 Å². The molecular formula is C23H29N3O5S. The lowest BCUT2D eigenvalue weighted by molar-refractivity contribution is -0.120. The zero-order chi connectivity index (χ0) is 22.7. The number of nitrogens with one attached hydrogen (secondary N) is 1. The van der Waals surface area contributed by atoms with Crippen molar-refractivity contribution in [2.45, 2.75) is 36.8 Å². The van der Waals surface area contributed by atoms with Gasteiger partial charge in [-0.05, 0) is 63.2 Å². The summed E-state index contributed by atoms with van der Waals surface area (Å²) in [6.45, 7) is 3.88. The third-order valence-electron chi connectivity index (χ3n) is 5.92. The number of hydrogen-bond donors (Lipinski definition) is 1. The molecule has 1 amide bonds. The molecule has 0 radical (unpaired) electrons. The Morgan fingerprint density at radius 2 is 1.78 bits per heavy atom. The number of hydrogen-bond acceptors (Lipinski definition) is 6. The van der Waals surface area contributed by atoms with Crippen LogP contribution in [-0.2, 0) is 14.8 Å².